The van der Waals surface area contributed by atoms with Crippen molar-refractivity contribution in [2.75, 3.05) is 0 Å². The Bertz CT molecular complexity index is 425. The zero-order chi connectivity index (χ0) is 12.7. The maximum atomic E-state index is 12.4. The molecule has 1 heterocycles. The zero-order valence-corrected chi connectivity index (χ0v) is 8.87. The van der Waals surface area contributed by atoms with Crippen molar-refractivity contribution in [3.8, 4) is 0 Å². The highest BCUT2D eigenvalue weighted by atomic mass is 19.4. The van der Waals surface area contributed by atoms with Crippen molar-refractivity contribution in [3.63, 3.8) is 0 Å². The third kappa shape index (κ3) is 2.00. The summed E-state index contributed by atoms with van der Waals surface area (Å²) in [6, 6.07) is -1.88. The molecule has 0 aliphatic rings. The minimum atomic E-state index is -4.48. The maximum Gasteiger partial charge on any atom is 0.410 e. The van der Waals surface area contributed by atoms with Crippen LogP contribution in [0.1, 0.15) is 24.4 Å². The zero-order valence-electron chi connectivity index (χ0n) is 8.87. The number of nitro groups is 1. The smallest absolute Gasteiger partial charge is 0.258 e. The van der Waals surface area contributed by atoms with Crippen molar-refractivity contribution >= 4 is 5.69 Å². The molecule has 0 saturated heterocycles. The summed E-state index contributed by atoms with van der Waals surface area (Å²) >= 11 is 0. The van der Waals surface area contributed by atoms with Gasteiger partial charge in [-0.1, -0.05) is 0 Å². The van der Waals surface area contributed by atoms with Crippen LogP contribution in [-0.2, 0) is 0 Å². The molecule has 1 aromatic heterocycles. The summed E-state index contributed by atoms with van der Waals surface area (Å²) in [4.78, 5) is 9.87. The van der Waals surface area contributed by atoms with Gasteiger partial charge in [-0.25, -0.2) is 0 Å². The summed E-state index contributed by atoms with van der Waals surface area (Å²) in [5.74, 6) is 0. The third-order valence-corrected chi connectivity index (χ3v) is 2.31. The van der Waals surface area contributed by atoms with Crippen molar-refractivity contribution in [2.45, 2.75) is 33.0 Å². The Morgan fingerprint density at radius 3 is 2.25 bits per heavy atom. The first kappa shape index (κ1) is 12.5. The second-order valence-electron chi connectivity index (χ2n) is 3.44. The van der Waals surface area contributed by atoms with Gasteiger partial charge in [-0.05, 0) is 20.8 Å². The van der Waals surface area contributed by atoms with E-state index in [4.69, 9.17) is 0 Å². The fraction of sp³-hybridized carbons (Fsp3) is 0.625. The lowest BCUT2D eigenvalue weighted by atomic mass is 10.3. The number of hydrogen-bond acceptors (Lipinski definition) is 3. The van der Waals surface area contributed by atoms with Gasteiger partial charge >= 0.3 is 11.9 Å². The molecule has 8 heteroatoms. The molecule has 1 rings (SSSR count). The molecular weight excluding hydrogens is 227 g/mol. The molecule has 0 aromatic carbocycles. The Morgan fingerprint density at radius 1 is 1.44 bits per heavy atom. The lowest BCUT2D eigenvalue weighted by Crippen LogP contribution is -2.25. The number of hydrogen-bond donors (Lipinski definition) is 0. The number of aryl methyl sites for hydroxylation is 1. The first-order valence-electron chi connectivity index (χ1n) is 4.43. The van der Waals surface area contributed by atoms with Crippen LogP contribution in [0, 0.1) is 24.0 Å². The topological polar surface area (TPSA) is 61.0 Å². The van der Waals surface area contributed by atoms with Crippen LogP contribution in [-0.4, -0.2) is 20.9 Å². The molecule has 0 aliphatic heterocycles. The van der Waals surface area contributed by atoms with Crippen molar-refractivity contribution in [1.82, 2.24) is 9.78 Å². The van der Waals surface area contributed by atoms with E-state index < -0.39 is 17.1 Å². The van der Waals surface area contributed by atoms with E-state index in [2.05, 4.69) is 5.10 Å². The fourth-order valence-corrected chi connectivity index (χ4v) is 1.43. The van der Waals surface area contributed by atoms with Crippen LogP contribution < -0.4 is 0 Å². The predicted molar refractivity (Wildman–Crippen MR) is 49.1 cm³/mol. The summed E-state index contributed by atoms with van der Waals surface area (Å²) in [6.45, 7) is 3.47. The SMILES string of the molecule is Cc1nn([C@@H](C)C(F)(F)F)c(C)c1[N+](=O)[O-]. The van der Waals surface area contributed by atoms with Gasteiger partial charge in [0.05, 0.1) is 4.92 Å². The van der Waals surface area contributed by atoms with E-state index in [0.717, 1.165) is 6.92 Å². The molecule has 5 nitrogen and oxygen atoms in total. The number of halogens is 3. The van der Waals surface area contributed by atoms with E-state index in [1.165, 1.54) is 13.8 Å². The first-order chi connectivity index (χ1) is 7.16. The molecule has 0 amide bonds. The normalized spacial score (nSPS) is 13.9. The van der Waals surface area contributed by atoms with Crippen LogP contribution >= 0.6 is 0 Å². The van der Waals surface area contributed by atoms with Crippen LogP contribution in [0.15, 0.2) is 0 Å². The van der Waals surface area contributed by atoms with E-state index in [9.17, 15) is 23.3 Å². The Morgan fingerprint density at radius 2 is 1.94 bits per heavy atom. The van der Waals surface area contributed by atoms with Crippen LogP contribution in [0.5, 0.6) is 0 Å². The molecule has 0 saturated carbocycles. The van der Waals surface area contributed by atoms with Crippen molar-refractivity contribution in [3.05, 3.63) is 21.5 Å². The molecule has 0 unspecified atom stereocenters. The highest BCUT2D eigenvalue weighted by molar-refractivity contribution is 5.39. The van der Waals surface area contributed by atoms with Gasteiger partial charge in [0.15, 0.2) is 0 Å². The fourth-order valence-electron chi connectivity index (χ4n) is 1.43. The van der Waals surface area contributed by atoms with Gasteiger partial charge in [0.2, 0.25) is 0 Å². The van der Waals surface area contributed by atoms with Gasteiger partial charge in [0.1, 0.15) is 17.4 Å². The lowest BCUT2D eigenvalue weighted by Gasteiger charge is -2.16. The highest BCUT2D eigenvalue weighted by Gasteiger charge is 2.40. The van der Waals surface area contributed by atoms with Crippen LogP contribution in [0.25, 0.3) is 0 Å². The summed E-state index contributed by atoms with van der Waals surface area (Å²) < 4.78 is 37.9. The number of rotatable bonds is 2. The van der Waals surface area contributed by atoms with E-state index in [0.29, 0.717) is 4.68 Å². The summed E-state index contributed by atoms with van der Waals surface area (Å²) in [5.41, 5.74) is -0.470. The summed E-state index contributed by atoms with van der Waals surface area (Å²) in [7, 11) is 0. The van der Waals surface area contributed by atoms with Gasteiger partial charge in [0.25, 0.3) is 0 Å². The number of nitrogens with zero attached hydrogens (tertiary/aromatic N) is 3. The van der Waals surface area contributed by atoms with Crippen molar-refractivity contribution in [2.24, 2.45) is 0 Å². The van der Waals surface area contributed by atoms with Gasteiger partial charge in [-0.15, -0.1) is 0 Å². The summed E-state index contributed by atoms with van der Waals surface area (Å²) in [6.07, 6.45) is -4.48. The van der Waals surface area contributed by atoms with Gasteiger partial charge in [-0.2, -0.15) is 18.3 Å². The van der Waals surface area contributed by atoms with Crippen LogP contribution in [0.2, 0.25) is 0 Å². The number of alkyl halides is 3. The molecule has 0 radical (unpaired) electrons. The second-order valence-corrected chi connectivity index (χ2v) is 3.44. The second kappa shape index (κ2) is 3.76. The molecule has 1 aromatic rings. The Kier molecular flexibility index (Phi) is 2.93. The van der Waals surface area contributed by atoms with Gasteiger partial charge < -0.3 is 0 Å². The van der Waals surface area contributed by atoms with E-state index >= 15 is 0 Å². The minimum absolute atomic E-state index is 0.0152. The standard InChI is InChI=1S/C8H10F3N3O2/c1-4-7(14(15)16)5(2)13(12-4)6(3)8(9,10)11/h6H,1-3H3/t6-/m0/s1. The van der Waals surface area contributed by atoms with E-state index in [-0.39, 0.29) is 17.1 Å². The highest BCUT2D eigenvalue weighted by Crippen LogP contribution is 2.33. The van der Waals surface area contributed by atoms with Gasteiger partial charge in [0, 0.05) is 0 Å². The Balaban J connectivity index is 3.28. The molecule has 1 atom stereocenters. The molecule has 0 aliphatic carbocycles. The maximum absolute atomic E-state index is 12.4. The Labute approximate surface area is 89.0 Å². The molecule has 0 fully saturated rings. The average molecular weight is 237 g/mol. The molecule has 90 valence electrons. The monoisotopic (exact) mass is 237 g/mol. The molecule has 16 heavy (non-hydrogen) atoms. The predicted octanol–water partition coefficient (Wildman–Crippen LogP) is 2.53. The first-order valence-corrected chi connectivity index (χ1v) is 4.43. The van der Waals surface area contributed by atoms with Crippen LogP contribution in [0.3, 0.4) is 0 Å². The van der Waals surface area contributed by atoms with Crippen molar-refractivity contribution < 1.29 is 18.1 Å². The number of aromatic nitrogens is 2. The van der Waals surface area contributed by atoms with Gasteiger partial charge in [-0.3, -0.25) is 14.8 Å². The average Bonchev–Trinajstić information content (AvgIpc) is 2.38. The molecule has 0 bridgehead atoms. The molecule has 0 N–H and O–H groups in total. The van der Waals surface area contributed by atoms with Crippen molar-refractivity contribution in [1.29, 1.82) is 0 Å². The quantitative estimate of drug-likeness (QED) is 0.586. The molecule has 0 spiro atoms. The Hall–Kier alpha value is -1.60. The van der Waals surface area contributed by atoms with E-state index in [1.54, 1.807) is 0 Å². The molecular formula is C8H10F3N3O2. The largest absolute Gasteiger partial charge is 0.410 e. The minimum Gasteiger partial charge on any atom is -0.258 e. The van der Waals surface area contributed by atoms with Crippen LogP contribution in [0.4, 0.5) is 18.9 Å². The lowest BCUT2D eigenvalue weighted by molar-refractivity contribution is -0.386. The third-order valence-electron chi connectivity index (χ3n) is 2.31. The summed E-state index contributed by atoms with van der Waals surface area (Å²) in [5, 5.41) is 14.2. The van der Waals surface area contributed by atoms with E-state index in [1.807, 2.05) is 0 Å².